The number of halogens is 4. The number of pyridine rings is 1. The third-order valence-electron chi connectivity index (χ3n) is 6.10. The predicted octanol–water partition coefficient (Wildman–Crippen LogP) is 5.90. The molecule has 0 N–H and O–H groups in total. The molecule has 0 unspecified atom stereocenters. The van der Waals surface area contributed by atoms with Crippen LogP contribution in [0, 0.1) is 5.82 Å². The molecular weight excluding hydrogens is 484 g/mol. The van der Waals surface area contributed by atoms with Gasteiger partial charge in [-0.15, -0.1) is 0 Å². The zero-order valence-electron chi connectivity index (χ0n) is 19.5. The number of ketones is 1. The van der Waals surface area contributed by atoms with E-state index in [-0.39, 0.29) is 24.2 Å². The van der Waals surface area contributed by atoms with Crippen LogP contribution in [0.25, 0.3) is 11.3 Å². The minimum absolute atomic E-state index is 0.0917. The van der Waals surface area contributed by atoms with E-state index in [1.54, 1.807) is 24.5 Å². The molecular formula is C28H20F4N4O. The van der Waals surface area contributed by atoms with Crippen LogP contribution in [0.2, 0.25) is 0 Å². The second-order valence-corrected chi connectivity index (χ2v) is 8.72. The first-order valence-electron chi connectivity index (χ1n) is 11.5. The van der Waals surface area contributed by atoms with Crippen molar-refractivity contribution >= 4 is 17.7 Å². The fourth-order valence-electron chi connectivity index (χ4n) is 4.30. The lowest BCUT2D eigenvalue weighted by atomic mass is 9.97. The summed E-state index contributed by atoms with van der Waals surface area (Å²) in [5.74, 6) is -0.822. The van der Waals surface area contributed by atoms with Crippen molar-refractivity contribution in [3.05, 3.63) is 107 Å². The Hall–Kier alpha value is -4.27. The van der Waals surface area contributed by atoms with Crippen molar-refractivity contribution in [1.29, 1.82) is 0 Å². The molecule has 0 fully saturated rings. The molecule has 0 atom stereocenters. The molecule has 0 saturated heterocycles. The van der Waals surface area contributed by atoms with Crippen molar-refractivity contribution in [3.8, 4) is 11.3 Å². The molecule has 186 valence electrons. The number of rotatable bonds is 7. The van der Waals surface area contributed by atoms with Crippen LogP contribution in [0.5, 0.6) is 0 Å². The van der Waals surface area contributed by atoms with Crippen molar-refractivity contribution in [2.24, 2.45) is 4.99 Å². The summed E-state index contributed by atoms with van der Waals surface area (Å²) in [4.78, 5) is 30.2. The van der Waals surface area contributed by atoms with Gasteiger partial charge in [-0.05, 0) is 47.0 Å². The van der Waals surface area contributed by atoms with E-state index in [4.69, 9.17) is 0 Å². The molecule has 0 saturated carbocycles. The molecule has 0 aliphatic carbocycles. The van der Waals surface area contributed by atoms with E-state index in [1.165, 1.54) is 24.5 Å². The summed E-state index contributed by atoms with van der Waals surface area (Å²) < 4.78 is 52.8. The van der Waals surface area contributed by atoms with Gasteiger partial charge in [0, 0.05) is 43.7 Å². The summed E-state index contributed by atoms with van der Waals surface area (Å²) in [6.45, 7) is 0. The predicted molar refractivity (Wildman–Crippen MR) is 130 cm³/mol. The number of nitrogens with zero attached hydrogens (tertiary/aromatic N) is 4. The maximum Gasteiger partial charge on any atom is 0.416 e. The Bertz CT molecular complexity index is 1500. The largest absolute Gasteiger partial charge is 0.416 e. The van der Waals surface area contributed by atoms with Crippen molar-refractivity contribution in [1.82, 2.24) is 15.0 Å². The zero-order valence-corrected chi connectivity index (χ0v) is 19.5. The Balaban J connectivity index is 1.34. The molecule has 0 amide bonds. The molecule has 5 nitrogen and oxygen atoms in total. The molecule has 1 aliphatic rings. The second kappa shape index (κ2) is 10.0. The van der Waals surface area contributed by atoms with Crippen molar-refractivity contribution < 1.29 is 22.4 Å². The van der Waals surface area contributed by atoms with E-state index in [0.29, 0.717) is 29.8 Å². The number of aliphatic imine (C=N–C) groups is 1. The van der Waals surface area contributed by atoms with Gasteiger partial charge in [0.1, 0.15) is 29.3 Å². The summed E-state index contributed by atoms with van der Waals surface area (Å²) in [6, 6.07) is 12.7. The summed E-state index contributed by atoms with van der Waals surface area (Å²) >= 11 is 0. The van der Waals surface area contributed by atoms with E-state index >= 15 is 0 Å². The van der Waals surface area contributed by atoms with Crippen LogP contribution in [-0.2, 0) is 36.7 Å². The number of hydrogen-bond acceptors (Lipinski definition) is 5. The van der Waals surface area contributed by atoms with E-state index in [9.17, 15) is 22.4 Å². The molecule has 0 bridgehead atoms. The monoisotopic (exact) mass is 504 g/mol. The van der Waals surface area contributed by atoms with Crippen LogP contribution >= 0.6 is 0 Å². The van der Waals surface area contributed by atoms with E-state index in [1.807, 2.05) is 12.1 Å². The zero-order chi connectivity index (χ0) is 26.0. The van der Waals surface area contributed by atoms with Crippen molar-refractivity contribution in [2.45, 2.75) is 31.9 Å². The molecule has 9 heteroatoms. The number of benzene rings is 2. The minimum Gasteiger partial charge on any atom is -0.299 e. The molecule has 0 radical (unpaired) electrons. The summed E-state index contributed by atoms with van der Waals surface area (Å²) in [7, 11) is 0. The maximum atomic E-state index is 14.6. The average molecular weight is 504 g/mol. The van der Waals surface area contributed by atoms with Crippen LogP contribution < -0.4 is 0 Å². The van der Waals surface area contributed by atoms with Gasteiger partial charge in [0.15, 0.2) is 0 Å². The molecule has 37 heavy (non-hydrogen) atoms. The lowest BCUT2D eigenvalue weighted by Crippen LogP contribution is -2.09. The van der Waals surface area contributed by atoms with Gasteiger partial charge in [0.2, 0.25) is 0 Å². The van der Waals surface area contributed by atoms with E-state index < -0.39 is 17.6 Å². The highest BCUT2D eigenvalue weighted by molar-refractivity contribution is 5.84. The third-order valence-corrected chi connectivity index (χ3v) is 6.10. The topological polar surface area (TPSA) is 68.1 Å². The second-order valence-electron chi connectivity index (χ2n) is 8.72. The smallest absolute Gasteiger partial charge is 0.299 e. The Morgan fingerprint density at radius 2 is 1.70 bits per heavy atom. The molecule has 2 aromatic heterocycles. The fourth-order valence-corrected chi connectivity index (χ4v) is 4.30. The maximum absolute atomic E-state index is 14.6. The molecule has 3 heterocycles. The van der Waals surface area contributed by atoms with Crippen LogP contribution in [0.15, 0.2) is 72.1 Å². The number of Topliss-reactive ketones (excluding diaryl/α,β-unsaturated/α-hetero) is 1. The first kappa shape index (κ1) is 24.4. The van der Waals surface area contributed by atoms with Gasteiger partial charge < -0.3 is 0 Å². The standard InChI is InChI=1S/C28H20F4N4O/c29-23-8-5-18(12-19(23)15-21(37)13-17-3-6-20(7-4-17)28(30,31)32)14-25-22(2-1-10-33-25)26-27-24(9-11-34-27)35-16-36-26/h1-8,10-12,16H,9,13-15H2. The van der Waals surface area contributed by atoms with Crippen molar-refractivity contribution in [2.75, 3.05) is 0 Å². The van der Waals surface area contributed by atoms with Gasteiger partial charge in [-0.1, -0.05) is 24.3 Å². The number of alkyl halides is 3. The van der Waals surface area contributed by atoms with Crippen LogP contribution in [0.3, 0.4) is 0 Å². The lowest BCUT2D eigenvalue weighted by Gasteiger charge is -2.11. The number of fused-ring (bicyclic) bond motifs is 1. The van der Waals surface area contributed by atoms with E-state index in [0.717, 1.165) is 34.6 Å². The highest BCUT2D eigenvalue weighted by atomic mass is 19.4. The Kier molecular flexibility index (Phi) is 6.60. The molecule has 0 spiro atoms. The first-order chi connectivity index (χ1) is 17.8. The van der Waals surface area contributed by atoms with Crippen LogP contribution in [-0.4, -0.2) is 26.9 Å². The number of aromatic nitrogens is 3. The quantitative estimate of drug-likeness (QED) is 0.294. The number of hydrogen-bond donors (Lipinski definition) is 0. The summed E-state index contributed by atoms with van der Waals surface area (Å²) in [5, 5.41) is 0. The van der Waals surface area contributed by atoms with Gasteiger partial charge in [-0.25, -0.2) is 14.4 Å². The molecule has 5 rings (SSSR count). The van der Waals surface area contributed by atoms with Gasteiger partial charge >= 0.3 is 6.18 Å². The number of carbonyl (C=O) groups is 1. The van der Waals surface area contributed by atoms with E-state index in [2.05, 4.69) is 19.9 Å². The molecule has 2 aromatic carbocycles. The Morgan fingerprint density at radius 3 is 2.49 bits per heavy atom. The summed E-state index contributed by atoms with van der Waals surface area (Å²) in [5.41, 5.74) is 4.38. The molecule has 1 aliphatic heterocycles. The Labute approximate surface area is 210 Å². The van der Waals surface area contributed by atoms with Gasteiger partial charge in [0.25, 0.3) is 0 Å². The number of carbonyl (C=O) groups excluding carboxylic acids is 1. The summed E-state index contributed by atoms with van der Waals surface area (Å²) in [6.07, 6.45) is 1.25. The SMILES string of the molecule is O=C(Cc1ccc(C(F)(F)F)cc1)Cc1cc(Cc2ncccc2-c2ncnc3c2N=CC3)ccc1F. The van der Waals surface area contributed by atoms with Crippen LogP contribution in [0.1, 0.15) is 33.6 Å². The highest BCUT2D eigenvalue weighted by Gasteiger charge is 2.30. The molecule has 4 aromatic rings. The van der Waals surface area contributed by atoms with Crippen LogP contribution in [0.4, 0.5) is 23.2 Å². The first-order valence-corrected chi connectivity index (χ1v) is 11.5. The lowest BCUT2D eigenvalue weighted by molar-refractivity contribution is -0.137. The normalized spacial score (nSPS) is 12.5. The highest BCUT2D eigenvalue weighted by Crippen LogP contribution is 2.35. The van der Waals surface area contributed by atoms with Gasteiger partial charge in [0.05, 0.1) is 17.0 Å². The van der Waals surface area contributed by atoms with Gasteiger partial charge in [-0.3, -0.25) is 14.8 Å². The fraction of sp³-hybridized carbons (Fsp3) is 0.179. The average Bonchev–Trinajstić information content (AvgIpc) is 3.35. The van der Waals surface area contributed by atoms with Gasteiger partial charge in [-0.2, -0.15) is 13.2 Å². The Morgan fingerprint density at radius 1 is 0.919 bits per heavy atom. The van der Waals surface area contributed by atoms with Crippen molar-refractivity contribution in [3.63, 3.8) is 0 Å². The third kappa shape index (κ3) is 5.45. The minimum atomic E-state index is -4.44.